The van der Waals surface area contributed by atoms with Gasteiger partial charge in [-0.25, -0.2) is 4.79 Å². The van der Waals surface area contributed by atoms with E-state index in [0.29, 0.717) is 16.6 Å². The van der Waals surface area contributed by atoms with Crippen molar-refractivity contribution in [2.45, 2.75) is 6.54 Å². The fourth-order valence-electron chi connectivity index (χ4n) is 2.16. The largest absolute Gasteiger partial charge is 0.478 e. The van der Waals surface area contributed by atoms with Gasteiger partial charge in [0.05, 0.1) is 12.1 Å². The van der Waals surface area contributed by atoms with Crippen molar-refractivity contribution in [1.82, 2.24) is 9.88 Å². The van der Waals surface area contributed by atoms with E-state index in [1.54, 1.807) is 18.2 Å². The predicted molar refractivity (Wildman–Crippen MR) is 87.7 cm³/mol. The van der Waals surface area contributed by atoms with Gasteiger partial charge in [-0.3, -0.25) is 9.59 Å². The van der Waals surface area contributed by atoms with Crippen molar-refractivity contribution >= 4 is 28.6 Å². The minimum absolute atomic E-state index is 0.00391. The SMILES string of the molecule is CNC(=O)COc1cc2cc(N)ccc2n(CCOC(N)=O)c1=O. The van der Waals surface area contributed by atoms with Crippen molar-refractivity contribution in [3.63, 3.8) is 0 Å². The number of nitrogens with one attached hydrogen (secondary N) is 1. The highest BCUT2D eigenvalue weighted by Gasteiger charge is 2.12. The molecule has 9 nitrogen and oxygen atoms in total. The van der Waals surface area contributed by atoms with Gasteiger partial charge in [0, 0.05) is 18.1 Å². The molecule has 0 saturated carbocycles. The lowest BCUT2D eigenvalue weighted by Gasteiger charge is -2.13. The number of likely N-dealkylation sites (N-methyl/N-ethyl adjacent to an activating group) is 1. The molecule has 0 saturated heterocycles. The number of carbonyl (C=O) groups is 2. The van der Waals surface area contributed by atoms with Crippen LogP contribution in [0, 0.1) is 0 Å². The van der Waals surface area contributed by atoms with Crippen LogP contribution in [0.25, 0.3) is 10.9 Å². The molecule has 0 aliphatic heterocycles. The number of primary amides is 1. The first-order valence-electron chi connectivity index (χ1n) is 7.11. The van der Waals surface area contributed by atoms with Crippen molar-refractivity contribution in [3.8, 4) is 5.75 Å². The zero-order valence-electron chi connectivity index (χ0n) is 13.1. The second kappa shape index (κ2) is 7.36. The second-order valence-electron chi connectivity index (χ2n) is 4.91. The fourth-order valence-corrected chi connectivity index (χ4v) is 2.16. The number of pyridine rings is 1. The summed E-state index contributed by atoms with van der Waals surface area (Å²) in [4.78, 5) is 34.5. The Kier molecular flexibility index (Phi) is 5.25. The highest BCUT2D eigenvalue weighted by molar-refractivity contribution is 5.84. The number of aromatic nitrogens is 1. The van der Waals surface area contributed by atoms with Crippen LogP contribution in [0.15, 0.2) is 29.1 Å². The van der Waals surface area contributed by atoms with Gasteiger partial charge in [-0.2, -0.15) is 0 Å². The van der Waals surface area contributed by atoms with Gasteiger partial charge in [-0.1, -0.05) is 0 Å². The first-order chi connectivity index (χ1) is 11.4. The van der Waals surface area contributed by atoms with Crippen LogP contribution in [-0.4, -0.2) is 36.8 Å². The van der Waals surface area contributed by atoms with Crippen molar-refractivity contribution < 1.29 is 19.1 Å². The predicted octanol–water partition coefficient (Wildman–Crippen LogP) is -0.196. The van der Waals surface area contributed by atoms with E-state index in [1.165, 1.54) is 17.7 Å². The number of hydrogen-bond donors (Lipinski definition) is 3. The Morgan fingerprint density at radius 3 is 2.71 bits per heavy atom. The highest BCUT2D eigenvalue weighted by atomic mass is 16.5. The van der Waals surface area contributed by atoms with Crippen molar-refractivity contribution in [1.29, 1.82) is 0 Å². The normalized spacial score (nSPS) is 10.4. The molecular formula is C15H18N4O5. The monoisotopic (exact) mass is 334 g/mol. The number of anilines is 1. The minimum Gasteiger partial charge on any atom is -0.478 e. The maximum absolute atomic E-state index is 12.5. The number of amides is 2. The van der Waals surface area contributed by atoms with E-state index in [1.807, 2.05) is 0 Å². The number of fused-ring (bicyclic) bond motifs is 1. The fraction of sp³-hybridized carbons (Fsp3) is 0.267. The molecule has 1 heterocycles. The molecule has 2 aromatic rings. The molecule has 9 heteroatoms. The minimum atomic E-state index is -0.927. The maximum atomic E-state index is 12.5. The molecule has 1 aromatic carbocycles. The number of nitrogen functional groups attached to an aromatic ring is 1. The van der Waals surface area contributed by atoms with E-state index in [-0.39, 0.29) is 31.4 Å². The number of benzene rings is 1. The summed E-state index contributed by atoms with van der Waals surface area (Å²) in [5, 5.41) is 3.05. The number of carbonyl (C=O) groups excluding carboxylic acids is 2. The third-order valence-electron chi connectivity index (χ3n) is 3.28. The lowest BCUT2D eigenvalue weighted by molar-refractivity contribution is -0.122. The first kappa shape index (κ1) is 17.1. The summed E-state index contributed by atoms with van der Waals surface area (Å²) >= 11 is 0. The van der Waals surface area contributed by atoms with Gasteiger partial charge in [-0.15, -0.1) is 0 Å². The summed E-state index contributed by atoms with van der Waals surface area (Å²) in [6.07, 6.45) is -0.927. The molecule has 128 valence electrons. The quantitative estimate of drug-likeness (QED) is 0.625. The molecule has 0 aliphatic rings. The van der Waals surface area contributed by atoms with Gasteiger partial charge in [0.2, 0.25) is 0 Å². The molecule has 1 aromatic heterocycles. The third kappa shape index (κ3) is 3.94. The Labute approximate surface area is 137 Å². The maximum Gasteiger partial charge on any atom is 0.404 e. The molecule has 0 unspecified atom stereocenters. The van der Waals surface area contributed by atoms with Crippen LogP contribution in [0.1, 0.15) is 0 Å². The van der Waals surface area contributed by atoms with Gasteiger partial charge >= 0.3 is 6.09 Å². The van der Waals surface area contributed by atoms with Crippen molar-refractivity contribution in [2.24, 2.45) is 5.73 Å². The molecule has 0 fully saturated rings. The van der Waals surface area contributed by atoms with E-state index >= 15 is 0 Å². The van der Waals surface area contributed by atoms with Crippen molar-refractivity contribution in [3.05, 3.63) is 34.6 Å². The van der Waals surface area contributed by atoms with Crippen LogP contribution in [-0.2, 0) is 16.1 Å². The molecule has 0 aliphatic carbocycles. The van der Waals surface area contributed by atoms with Gasteiger partial charge in [0.1, 0.15) is 6.61 Å². The molecule has 0 spiro atoms. The molecule has 5 N–H and O–H groups in total. The Hall–Kier alpha value is -3.23. The van der Waals surface area contributed by atoms with Gasteiger partial charge < -0.3 is 30.8 Å². The van der Waals surface area contributed by atoms with Crippen LogP contribution >= 0.6 is 0 Å². The summed E-state index contributed by atoms with van der Waals surface area (Å²) < 4.78 is 11.3. The lowest BCUT2D eigenvalue weighted by Crippen LogP contribution is -2.29. The molecule has 0 atom stereocenters. The zero-order chi connectivity index (χ0) is 17.7. The number of hydrogen-bond acceptors (Lipinski definition) is 6. The van der Waals surface area contributed by atoms with Crippen LogP contribution in [0.5, 0.6) is 5.75 Å². The molecule has 0 bridgehead atoms. The van der Waals surface area contributed by atoms with E-state index in [9.17, 15) is 14.4 Å². The Morgan fingerprint density at radius 2 is 2.04 bits per heavy atom. The van der Waals surface area contributed by atoms with Crippen LogP contribution in [0.2, 0.25) is 0 Å². The van der Waals surface area contributed by atoms with Crippen LogP contribution < -0.4 is 27.1 Å². The molecule has 24 heavy (non-hydrogen) atoms. The molecule has 2 rings (SSSR count). The van der Waals surface area contributed by atoms with Crippen LogP contribution in [0.4, 0.5) is 10.5 Å². The van der Waals surface area contributed by atoms with E-state index < -0.39 is 11.7 Å². The molecule has 0 radical (unpaired) electrons. The number of ether oxygens (including phenoxy) is 2. The topological polar surface area (TPSA) is 139 Å². The Bertz CT molecular complexity index is 830. The summed E-state index contributed by atoms with van der Waals surface area (Å²) in [6.45, 7) is -0.287. The number of rotatable bonds is 6. The van der Waals surface area contributed by atoms with Gasteiger partial charge in [0.15, 0.2) is 12.4 Å². The van der Waals surface area contributed by atoms with E-state index in [2.05, 4.69) is 10.1 Å². The average Bonchev–Trinajstić information content (AvgIpc) is 2.54. The zero-order valence-corrected chi connectivity index (χ0v) is 13.1. The number of nitrogens with zero attached hydrogens (tertiary/aromatic N) is 1. The smallest absolute Gasteiger partial charge is 0.404 e. The number of nitrogens with two attached hydrogens (primary N) is 2. The Morgan fingerprint density at radius 1 is 1.29 bits per heavy atom. The summed E-state index contributed by atoms with van der Waals surface area (Å²) in [5.74, 6) is -0.374. The van der Waals surface area contributed by atoms with Crippen LogP contribution in [0.3, 0.4) is 0 Å². The van der Waals surface area contributed by atoms with E-state index in [4.69, 9.17) is 16.2 Å². The van der Waals surface area contributed by atoms with Gasteiger partial charge in [-0.05, 0) is 24.3 Å². The van der Waals surface area contributed by atoms with Crippen molar-refractivity contribution in [2.75, 3.05) is 26.0 Å². The Balaban J connectivity index is 2.42. The second-order valence-corrected chi connectivity index (χ2v) is 4.91. The molecular weight excluding hydrogens is 316 g/mol. The summed E-state index contributed by atoms with van der Waals surface area (Å²) in [7, 11) is 1.46. The molecule has 2 amide bonds. The standard InChI is InChI=1S/C15H18N4O5/c1-18-13(20)8-24-12-7-9-6-10(16)2-3-11(9)19(14(12)21)4-5-23-15(17)22/h2-3,6-7H,4-5,8,16H2,1H3,(H2,17,22)(H,18,20). The first-order valence-corrected chi connectivity index (χ1v) is 7.11. The summed E-state index contributed by atoms with van der Waals surface area (Å²) in [5.41, 5.74) is 11.3. The summed E-state index contributed by atoms with van der Waals surface area (Å²) in [6, 6.07) is 6.52. The lowest BCUT2D eigenvalue weighted by atomic mass is 10.2. The highest BCUT2D eigenvalue weighted by Crippen LogP contribution is 2.20. The third-order valence-corrected chi connectivity index (χ3v) is 3.28. The van der Waals surface area contributed by atoms with E-state index in [0.717, 1.165) is 0 Å². The average molecular weight is 334 g/mol. The van der Waals surface area contributed by atoms with Gasteiger partial charge in [0.25, 0.3) is 11.5 Å².